The fourth-order valence-corrected chi connectivity index (χ4v) is 3.08. The Balaban J connectivity index is 1.86. The standard InChI is InChI=1S/C22H22N2O3/c1-13-9-11-17(12-10-13)27-19-8-6-5-7-18(19)24-22(26)21-14(2)20(16(4)25)15(3)23-21/h5-12,23H,1-4H3,(H,24,26). The maximum Gasteiger partial charge on any atom is 0.272 e. The molecule has 138 valence electrons. The number of rotatable bonds is 5. The van der Waals surface area contributed by atoms with Crippen LogP contribution in [0.25, 0.3) is 0 Å². The first kappa shape index (κ1) is 18.5. The van der Waals surface area contributed by atoms with Crippen molar-refractivity contribution in [1.82, 2.24) is 4.98 Å². The van der Waals surface area contributed by atoms with Crippen molar-refractivity contribution in [2.45, 2.75) is 27.7 Å². The number of Topliss-reactive ketones (excluding diaryl/α,β-unsaturated/α-hetero) is 1. The molecule has 0 aliphatic carbocycles. The van der Waals surface area contributed by atoms with Crippen molar-refractivity contribution in [3.05, 3.63) is 76.6 Å². The van der Waals surface area contributed by atoms with Crippen molar-refractivity contribution in [3.8, 4) is 11.5 Å². The number of aromatic nitrogens is 1. The molecular weight excluding hydrogens is 340 g/mol. The Hall–Kier alpha value is -3.34. The van der Waals surface area contributed by atoms with Crippen LogP contribution in [0.15, 0.2) is 48.5 Å². The van der Waals surface area contributed by atoms with E-state index in [1.165, 1.54) is 6.92 Å². The van der Waals surface area contributed by atoms with Crippen molar-refractivity contribution >= 4 is 17.4 Å². The van der Waals surface area contributed by atoms with Crippen molar-refractivity contribution in [2.24, 2.45) is 0 Å². The maximum atomic E-state index is 12.8. The topological polar surface area (TPSA) is 71.2 Å². The molecule has 2 aromatic carbocycles. The van der Waals surface area contributed by atoms with Gasteiger partial charge in [-0.3, -0.25) is 9.59 Å². The fraction of sp³-hybridized carbons (Fsp3) is 0.182. The molecule has 5 nitrogen and oxygen atoms in total. The van der Waals surface area contributed by atoms with Crippen LogP contribution in [-0.2, 0) is 0 Å². The van der Waals surface area contributed by atoms with Crippen LogP contribution in [0.4, 0.5) is 5.69 Å². The number of carbonyl (C=O) groups is 2. The summed E-state index contributed by atoms with van der Waals surface area (Å²) in [5, 5.41) is 2.87. The van der Waals surface area contributed by atoms with Crippen molar-refractivity contribution in [1.29, 1.82) is 0 Å². The van der Waals surface area contributed by atoms with Gasteiger partial charge in [0.1, 0.15) is 11.4 Å². The van der Waals surface area contributed by atoms with E-state index in [9.17, 15) is 9.59 Å². The molecule has 0 saturated carbocycles. The molecule has 0 radical (unpaired) electrons. The first-order valence-corrected chi connectivity index (χ1v) is 8.72. The van der Waals surface area contributed by atoms with Crippen molar-refractivity contribution in [3.63, 3.8) is 0 Å². The third-order valence-electron chi connectivity index (χ3n) is 4.40. The number of benzene rings is 2. The average Bonchev–Trinajstić information content (AvgIpc) is 2.93. The molecule has 0 spiro atoms. The van der Waals surface area contributed by atoms with Gasteiger partial charge in [-0.05, 0) is 57.5 Å². The van der Waals surface area contributed by atoms with Crippen LogP contribution in [0.3, 0.4) is 0 Å². The number of aryl methyl sites for hydroxylation is 2. The van der Waals surface area contributed by atoms with Crippen molar-refractivity contribution in [2.75, 3.05) is 5.32 Å². The first-order chi connectivity index (χ1) is 12.9. The van der Waals surface area contributed by atoms with E-state index >= 15 is 0 Å². The second kappa shape index (κ2) is 7.50. The second-order valence-electron chi connectivity index (χ2n) is 6.55. The molecular formula is C22H22N2O3. The Bertz CT molecular complexity index is 1000. The van der Waals surface area contributed by atoms with Crippen LogP contribution < -0.4 is 10.1 Å². The highest BCUT2D eigenvalue weighted by Crippen LogP contribution is 2.30. The molecule has 0 saturated heterocycles. The summed E-state index contributed by atoms with van der Waals surface area (Å²) in [4.78, 5) is 27.6. The number of ether oxygens (including phenoxy) is 1. The minimum atomic E-state index is -0.317. The van der Waals surface area contributed by atoms with Crippen LogP contribution in [0.1, 0.15) is 44.6 Å². The highest BCUT2D eigenvalue weighted by atomic mass is 16.5. The van der Waals surface area contributed by atoms with Gasteiger partial charge in [-0.15, -0.1) is 0 Å². The molecule has 0 aliphatic rings. The van der Waals surface area contributed by atoms with E-state index in [1.54, 1.807) is 26.0 Å². The third-order valence-corrected chi connectivity index (χ3v) is 4.40. The van der Waals surface area contributed by atoms with Gasteiger partial charge in [0.2, 0.25) is 0 Å². The van der Waals surface area contributed by atoms with Gasteiger partial charge in [-0.25, -0.2) is 0 Å². The molecule has 0 atom stereocenters. The number of H-pyrrole nitrogens is 1. The summed E-state index contributed by atoms with van der Waals surface area (Å²) in [5.74, 6) is 0.849. The van der Waals surface area contributed by atoms with Gasteiger partial charge < -0.3 is 15.0 Å². The average molecular weight is 362 g/mol. The lowest BCUT2D eigenvalue weighted by Gasteiger charge is -2.12. The Labute approximate surface area is 158 Å². The molecule has 1 amide bonds. The molecule has 2 N–H and O–H groups in total. The Morgan fingerprint density at radius 3 is 2.26 bits per heavy atom. The summed E-state index contributed by atoms with van der Waals surface area (Å²) in [6, 6.07) is 14.9. The van der Waals surface area contributed by atoms with E-state index in [4.69, 9.17) is 4.74 Å². The SMILES string of the molecule is CC(=O)c1c(C)[nH]c(C(=O)Nc2ccccc2Oc2ccc(C)cc2)c1C. The van der Waals surface area contributed by atoms with E-state index in [2.05, 4.69) is 10.3 Å². The monoisotopic (exact) mass is 362 g/mol. The number of anilines is 1. The number of nitrogens with one attached hydrogen (secondary N) is 2. The Kier molecular flexibility index (Phi) is 5.12. The highest BCUT2D eigenvalue weighted by molar-refractivity contribution is 6.08. The predicted octanol–water partition coefficient (Wildman–Crippen LogP) is 5.19. The highest BCUT2D eigenvalue weighted by Gasteiger charge is 2.20. The van der Waals surface area contributed by atoms with E-state index in [1.807, 2.05) is 43.3 Å². The van der Waals surface area contributed by atoms with Gasteiger partial charge >= 0.3 is 0 Å². The van der Waals surface area contributed by atoms with Crippen LogP contribution in [0.5, 0.6) is 11.5 Å². The van der Waals surface area contributed by atoms with Gasteiger partial charge in [0.05, 0.1) is 5.69 Å². The van der Waals surface area contributed by atoms with Gasteiger partial charge in [0.15, 0.2) is 11.5 Å². The number of hydrogen-bond donors (Lipinski definition) is 2. The number of aromatic amines is 1. The smallest absolute Gasteiger partial charge is 0.272 e. The van der Waals surface area contributed by atoms with Crippen LogP contribution >= 0.6 is 0 Å². The molecule has 5 heteroatoms. The summed E-state index contributed by atoms with van der Waals surface area (Å²) in [7, 11) is 0. The molecule has 0 bridgehead atoms. The zero-order valence-corrected chi connectivity index (χ0v) is 15.8. The zero-order valence-electron chi connectivity index (χ0n) is 15.8. The molecule has 0 unspecified atom stereocenters. The third kappa shape index (κ3) is 3.92. The largest absolute Gasteiger partial charge is 0.455 e. The minimum Gasteiger partial charge on any atom is -0.455 e. The maximum absolute atomic E-state index is 12.8. The number of amides is 1. The fourth-order valence-electron chi connectivity index (χ4n) is 3.08. The summed E-state index contributed by atoms with van der Waals surface area (Å²) >= 11 is 0. The molecule has 0 fully saturated rings. The number of ketones is 1. The predicted molar refractivity (Wildman–Crippen MR) is 106 cm³/mol. The molecule has 3 rings (SSSR count). The minimum absolute atomic E-state index is 0.0663. The van der Waals surface area contributed by atoms with Crippen LogP contribution in [0, 0.1) is 20.8 Å². The normalized spacial score (nSPS) is 10.5. The van der Waals surface area contributed by atoms with Crippen LogP contribution in [-0.4, -0.2) is 16.7 Å². The number of hydrogen-bond acceptors (Lipinski definition) is 3. The lowest BCUT2D eigenvalue weighted by atomic mass is 10.1. The van der Waals surface area contributed by atoms with E-state index in [0.717, 1.165) is 5.56 Å². The second-order valence-corrected chi connectivity index (χ2v) is 6.55. The summed E-state index contributed by atoms with van der Waals surface area (Å²) in [6.45, 7) is 7.06. The molecule has 27 heavy (non-hydrogen) atoms. The quantitative estimate of drug-likeness (QED) is 0.614. The lowest BCUT2D eigenvalue weighted by Crippen LogP contribution is -2.14. The molecule has 3 aromatic rings. The Morgan fingerprint density at radius 1 is 0.963 bits per heavy atom. The molecule has 1 aromatic heterocycles. The number of para-hydroxylation sites is 2. The van der Waals surface area contributed by atoms with E-state index in [0.29, 0.717) is 39.7 Å². The first-order valence-electron chi connectivity index (χ1n) is 8.72. The Morgan fingerprint density at radius 2 is 1.63 bits per heavy atom. The van der Waals surface area contributed by atoms with Crippen molar-refractivity contribution < 1.29 is 14.3 Å². The lowest BCUT2D eigenvalue weighted by molar-refractivity contribution is 0.101. The summed E-state index contributed by atoms with van der Waals surface area (Å²) in [6.07, 6.45) is 0. The van der Waals surface area contributed by atoms with Gasteiger partial charge in [-0.1, -0.05) is 29.8 Å². The number of carbonyl (C=O) groups excluding carboxylic acids is 2. The van der Waals surface area contributed by atoms with Gasteiger partial charge in [0.25, 0.3) is 5.91 Å². The van der Waals surface area contributed by atoms with Gasteiger partial charge in [-0.2, -0.15) is 0 Å². The van der Waals surface area contributed by atoms with Crippen LogP contribution in [0.2, 0.25) is 0 Å². The molecule has 1 heterocycles. The van der Waals surface area contributed by atoms with Gasteiger partial charge in [0, 0.05) is 11.3 Å². The summed E-state index contributed by atoms with van der Waals surface area (Å²) < 4.78 is 5.92. The van der Waals surface area contributed by atoms with E-state index in [-0.39, 0.29) is 11.7 Å². The molecule has 0 aliphatic heterocycles. The zero-order chi connectivity index (χ0) is 19.6. The summed E-state index contributed by atoms with van der Waals surface area (Å²) in [5.41, 5.74) is 3.97. The van der Waals surface area contributed by atoms with E-state index < -0.39 is 0 Å².